The van der Waals surface area contributed by atoms with Crippen LogP contribution >= 0.6 is 0 Å². The lowest BCUT2D eigenvalue weighted by Gasteiger charge is -2.12. The summed E-state index contributed by atoms with van der Waals surface area (Å²) in [5, 5.41) is 4.63. The quantitative estimate of drug-likeness (QED) is 0.771. The van der Waals surface area contributed by atoms with Gasteiger partial charge in [-0.05, 0) is 26.0 Å². The number of hydrogen-bond donors (Lipinski definition) is 1. The van der Waals surface area contributed by atoms with Crippen LogP contribution in [0.5, 0.6) is 0 Å². The van der Waals surface area contributed by atoms with Crippen molar-refractivity contribution in [2.75, 3.05) is 0 Å². The van der Waals surface area contributed by atoms with E-state index < -0.39 is 0 Å². The molecule has 0 fully saturated rings. The van der Waals surface area contributed by atoms with Gasteiger partial charge >= 0.3 is 0 Å². The third kappa shape index (κ3) is 2.47. The lowest BCUT2D eigenvalue weighted by atomic mass is 10.2. The minimum atomic E-state index is 0.169. The predicted molar refractivity (Wildman–Crippen MR) is 79.4 cm³/mol. The highest BCUT2D eigenvalue weighted by atomic mass is 16.3. The number of aryl methyl sites for hydroxylation is 1. The number of fused-ring (bicyclic) bond motifs is 1. The second-order valence-corrected chi connectivity index (χ2v) is 4.96. The van der Waals surface area contributed by atoms with Crippen molar-refractivity contribution in [2.24, 2.45) is 0 Å². The third-order valence-corrected chi connectivity index (χ3v) is 3.60. The molecule has 0 radical (unpaired) electrons. The molecular weight excluding hydrogens is 250 g/mol. The van der Waals surface area contributed by atoms with Crippen molar-refractivity contribution in [2.45, 2.75) is 33.0 Å². The first kappa shape index (κ1) is 12.9. The van der Waals surface area contributed by atoms with Gasteiger partial charge in [-0.25, -0.2) is 4.98 Å². The zero-order valence-electron chi connectivity index (χ0n) is 11.8. The number of benzene rings is 1. The van der Waals surface area contributed by atoms with Crippen LogP contribution in [-0.2, 0) is 13.1 Å². The Balaban J connectivity index is 1.71. The fourth-order valence-electron chi connectivity index (χ4n) is 2.35. The number of aromatic nitrogens is 2. The van der Waals surface area contributed by atoms with Gasteiger partial charge in [-0.3, -0.25) is 0 Å². The summed E-state index contributed by atoms with van der Waals surface area (Å²) in [6.07, 6.45) is 3.77. The van der Waals surface area contributed by atoms with Crippen molar-refractivity contribution in [1.82, 2.24) is 14.9 Å². The monoisotopic (exact) mass is 269 g/mol. The smallest absolute Gasteiger partial charge is 0.134 e. The van der Waals surface area contributed by atoms with E-state index in [0.29, 0.717) is 0 Å². The van der Waals surface area contributed by atoms with Gasteiger partial charge in [-0.2, -0.15) is 0 Å². The number of hydrogen-bond acceptors (Lipinski definition) is 3. The van der Waals surface area contributed by atoms with Crippen molar-refractivity contribution in [3.05, 3.63) is 54.3 Å². The normalized spacial score (nSPS) is 12.9. The van der Waals surface area contributed by atoms with Crippen molar-refractivity contribution >= 4 is 11.0 Å². The van der Waals surface area contributed by atoms with Crippen LogP contribution in [0.15, 0.2) is 47.3 Å². The molecule has 0 saturated heterocycles. The van der Waals surface area contributed by atoms with E-state index in [1.807, 2.05) is 30.7 Å². The van der Waals surface area contributed by atoms with Crippen molar-refractivity contribution in [3.63, 3.8) is 0 Å². The molecule has 0 aliphatic heterocycles. The maximum Gasteiger partial charge on any atom is 0.134 e. The molecule has 0 aliphatic carbocycles. The predicted octanol–water partition coefficient (Wildman–Crippen LogP) is 3.50. The molecular formula is C16H19N3O. The Morgan fingerprint density at radius 2 is 2.20 bits per heavy atom. The molecule has 0 amide bonds. The van der Waals surface area contributed by atoms with Gasteiger partial charge in [0.15, 0.2) is 0 Å². The van der Waals surface area contributed by atoms with E-state index >= 15 is 0 Å². The summed E-state index contributed by atoms with van der Waals surface area (Å²) >= 11 is 0. The van der Waals surface area contributed by atoms with Crippen LogP contribution in [0.25, 0.3) is 11.0 Å². The van der Waals surface area contributed by atoms with Gasteiger partial charge in [0, 0.05) is 24.7 Å². The lowest BCUT2D eigenvalue weighted by Crippen LogP contribution is -2.19. The Bertz CT molecular complexity index is 665. The molecule has 2 heterocycles. The number of imidazole rings is 1. The first-order valence-electron chi connectivity index (χ1n) is 6.98. The van der Waals surface area contributed by atoms with E-state index in [-0.39, 0.29) is 6.04 Å². The number of furan rings is 1. The standard InChI is InChI=1S/C16H19N3O/c1-3-19-11-17-9-14(19)10-18-12(2)16-8-13-6-4-5-7-15(13)20-16/h4-9,11-12,18H,3,10H2,1-2H3. The maximum atomic E-state index is 5.87. The average molecular weight is 269 g/mol. The van der Waals surface area contributed by atoms with Gasteiger partial charge < -0.3 is 14.3 Å². The summed E-state index contributed by atoms with van der Waals surface area (Å²) in [6, 6.07) is 10.4. The first-order valence-corrected chi connectivity index (χ1v) is 6.98. The van der Waals surface area contributed by atoms with Gasteiger partial charge in [0.25, 0.3) is 0 Å². The zero-order valence-corrected chi connectivity index (χ0v) is 11.8. The van der Waals surface area contributed by atoms with Crippen LogP contribution in [0.3, 0.4) is 0 Å². The van der Waals surface area contributed by atoms with Gasteiger partial charge in [0.1, 0.15) is 11.3 Å². The SMILES string of the molecule is CCn1cncc1CNC(C)c1cc2ccccc2o1. The van der Waals surface area contributed by atoms with Crippen molar-refractivity contribution in [1.29, 1.82) is 0 Å². The molecule has 4 heteroatoms. The highest BCUT2D eigenvalue weighted by Gasteiger charge is 2.11. The summed E-state index contributed by atoms with van der Waals surface area (Å²) in [4.78, 5) is 4.18. The van der Waals surface area contributed by atoms with Gasteiger partial charge in [-0.1, -0.05) is 18.2 Å². The van der Waals surface area contributed by atoms with Crippen molar-refractivity contribution in [3.8, 4) is 0 Å². The van der Waals surface area contributed by atoms with Crippen molar-refractivity contribution < 1.29 is 4.42 Å². The Morgan fingerprint density at radius 1 is 1.35 bits per heavy atom. The Hall–Kier alpha value is -2.07. The molecule has 1 aromatic carbocycles. The van der Waals surface area contributed by atoms with E-state index in [4.69, 9.17) is 4.42 Å². The second-order valence-electron chi connectivity index (χ2n) is 4.96. The van der Waals surface area contributed by atoms with Crippen LogP contribution in [0.1, 0.15) is 31.3 Å². The first-order chi connectivity index (χ1) is 9.78. The highest BCUT2D eigenvalue weighted by molar-refractivity contribution is 5.77. The molecule has 1 N–H and O–H groups in total. The molecule has 20 heavy (non-hydrogen) atoms. The third-order valence-electron chi connectivity index (χ3n) is 3.60. The minimum Gasteiger partial charge on any atom is -0.459 e. The average Bonchev–Trinajstić information content (AvgIpc) is 3.10. The number of para-hydroxylation sites is 1. The summed E-state index contributed by atoms with van der Waals surface area (Å²) in [6.45, 7) is 5.96. The van der Waals surface area contributed by atoms with Crippen LogP contribution in [0.4, 0.5) is 0 Å². The molecule has 1 atom stereocenters. The molecule has 1 unspecified atom stereocenters. The van der Waals surface area contributed by atoms with E-state index in [9.17, 15) is 0 Å². The number of nitrogens with zero attached hydrogens (tertiary/aromatic N) is 2. The minimum absolute atomic E-state index is 0.169. The fourth-order valence-corrected chi connectivity index (χ4v) is 2.35. The van der Waals surface area contributed by atoms with E-state index in [1.165, 1.54) is 5.69 Å². The van der Waals surface area contributed by atoms with Crippen LogP contribution in [0.2, 0.25) is 0 Å². The molecule has 3 aromatic rings. The molecule has 0 aliphatic rings. The van der Waals surface area contributed by atoms with Crippen LogP contribution in [0, 0.1) is 0 Å². The molecule has 2 aromatic heterocycles. The Labute approximate surface area is 118 Å². The lowest BCUT2D eigenvalue weighted by molar-refractivity contribution is 0.445. The maximum absolute atomic E-state index is 5.87. The van der Waals surface area contributed by atoms with Crippen LogP contribution < -0.4 is 5.32 Å². The summed E-state index contributed by atoms with van der Waals surface area (Å²) in [5.74, 6) is 0.966. The fraction of sp³-hybridized carbons (Fsp3) is 0.312. The molecule has 4 nitrogen and oxygen atoms in total. The molecule has 104 valence electrons. The molecule has 3 rings (SSSR count). The van der Waals surface area contributed by atoms with E-state index in [2.05, 4.69) is 40.8 Å². The van der Waals surface area contributed by atoms with Crippen LogP contribution in [-0.4, -0.2) is 9.55 Å². The zero-order chi connectivity index (χ0) is 13.9. The van der Waals surface area contributed by atoms with E-state index in [1.54, 1.807) is 0 Å². The van der Waals surface area contributed by atoms with E-state index in [0.717, 1.165) is 29.8 Å². The largest absolute Gasteiger partial charge is 0.459 e. The molecule has 0 spiro atoms. The Kier molecular flexibility index (Phi) is 3.56. The second kappa shape index (κ2) is 5.51. The molecule has 0 bridgehead atoms. The summed E-state index contributed by atoms with van der Waals surface area (Å²) < 4.78 is 8.01. The topological polar surface area (TPSA) is 43.0 Å². The summed E-state index contributed by atoms with van der Waals surface area (Å²) in [7, 11) is 0. The number of rotatable bonds is 5. The van der Waals surface area contributed by atoms with Gasteiger partial charge in [0.05, 0.1) is 18.1 Å². The highest BCUT2D eigenvalue weighted by Crippen LogP contribution is 2.23. The molecule has 0 saturated carbocycles. The van der Waals surface area contributed by atoms with Gasteiger partial charge in [-0.15, -0.1) is 0 Å². The van der Waals surface area contributed by atoms with Gasteiger partial charge in [0.2, 0.25) is 0 Å². The number of nitrogens with one attached hydrogen (secondary N) is 1. The Morgan fingerprint density at radius 3 is 3.00 bits per heavy atom. The summed E-state index contributed by atoms with van der Waals surface area (Å²) in [5.41, 5.74) is 2.13.